The molecule has 3 heteroatoms. The maximum absolute atomic E-state index is 13.4. The van der Waals surface area contributed by atoms with Crippen molar-refractivity contribution in [2.24, 2.45) is 0 Å². The third kappa shape index (κ3) is 5.81. The van der Waals surface area contributed by atoms with Crippen LogP contribution in [-0.2, 0) is 0 Å². The molecule has 0 fully saturated rings. The zero-order chi connectivity index (χ0) is 28.0. The van der Waals surface area contributed by atoms with E-state index in [1.54, 1.807) is 11.8 Å². The fourth-order valence-electron chi connectivity index (χ4n) is 4.84. The molecule has 0 aliphatic rings. The van der Waals surface area contributed by atoms with Crippen LogP contribution in [0.15, 0.2) is 168 Å². The van der Waals surface area contributed by atoms with Gasteiger partial charge < -0.3 is 0 Å². The number of rotatable bonds is 8. The van der Waals surface area contributed by atoms with Crippen LogP contribution in [0.25, 0.3) is 22.3 Å². The lowest BCUT2D eigenvalue weighted by molar-refractivity contribution is 0.103. The van der Waals surface area contributed by atoms with Gasteiger partial charge in [-0.25, -0.2) is 0 Å². The van der Waals surface area contributed by atoms with Gasteiger partial charge in [0.2, 0.25) is 0 Å². The van der Waals surface area contributed by atoms with E-state index in [2.05, 4.69) is 24.3 Å². The number of carbonyl (C=O) groups is 2. The van der Waals surface area contributed by atoms with Gasteiger partial charge in [-0.2, -0.15) is 0 Å². The van der Waals surface area contributed by atoms with Crippen LogP contribution in [0.2, 0.25) is 0 Å². The molecule has 41 heavy (non-hydrogen) atoms. The maximum Gasteiger partial charge on any atom is 0.193 e. The van der Waals surface area contributed by atoms with Crippen LogP contribution in [0, 0.1) is 0 Å². The van der Waals surface area contributed by atoms with Crippen LogP contribution in [0.4, 0.5) is 0 Å². The van der Waals surface area contributed by atoms with Crippen LogP contribution in [0.3, 0.4) is 0 Å². The molecule has 6 rings (SSSR count). The first kappa shape index (κ1) is 26.2. The maximum atomic E-state index is 13.4. The molecule has 0 saturated carbocycles. The summed E-state index contributed by atoms with van der Waals surface area (Å²) < 4.78 is 0. The highest BCUT2D eigenvalue weighted by Crippen LogP contribution is 2.42. The molecule has 6 aromatic rings. The van der Waals surface area contributed by atoms with Gasteiger partial charge in [-0.1, -0.05) is 157 Å². The van der Waals surface area contributed by atoms with Crippen LogP contribution in [0.1, 0.15) is 31.8 Å². The van der Waals surface area contributed by atoms with Crippen molar-refractivity contribution in [2.45, 2.75) is 9.79 Å². The Labute approximate surface area is 244 Å². The third-order valence-corrected chi connectivity index (χ3v) is 8.06. The highest BCUT2D eigenvalue weighted by atomic mass is 32.2. The van der Waals surface area contributed by atoms with Crippen molar-refractivity contribution >= 4 is 23.3 Å². The Morgan fingerprint density at radius 3 is 1.07 bits per heavy atom. The van der Waals surface area contributed by atoms with Crippen LogP contribution < -0.4 is 0 Å². The van der Waals surface area contributed by atoms with Crippen LogP contribution in [-0.4, -0.2) is 11.6 Å². The zero-order valence-electron chi connectivity index (χ0n) is 22.2. The molecule has 0 aliphatic heterocycles. The smallest absolute Gasteiger partial charge is 0.193 e. The van der Waals surface area contributed by atoms with E-state index in [1.807, 2.05) is 133 Å². The lowest BCUT2D eigenvalue weighted by atomic mass is 9.99. The minimum atomic E-state index is -0.0247. The minimum absolute atomic E-state index is 0.0247. The predicted octanol–water partition coefficient (Wildman–Crippen LogP) is 9.63. The SMILES string of the molecule is O=C(c1ccccc1)c1ccc(-c2ccccc2)c(Sc2cc(C(=O)c3ccccc3)ccc2-c2ccccc2)c1. The van der Waals surface area contributed by atoms with Gasteiger partial charge in [-0.3, -0.25) is 9.59 Å². The average Bonchev–Trinajstić information content (AvgIpc) is 3.05. The Bertz CT molecular complexity index is 1680. The summed E-state index contributed by atoms with van der Waals surface area (Å²) >= 11 is 1.58. The van der Waals surface area contributed by atoms with Crippen LogP contribution >= 0.6 is 11.8 Å². The van der Waals surface area contributed by atoms with Crippen molar-refractivity contribution in [3.8, 4) is 22.3 Å². The third-order valence-electron chi connectivity index (χ3n) is 6.95. The normalized spacial score (nSPS) is 10.7. The number of ketones is 2. The molecule has 0 atom stereocenters. The fourth-order valence-corrected chi connectivity index (χ4v) is 6.04. The molecule has 0 radical (unpaired) electrons. The summed E-state index contributed by atoms with van der Waals surface area (Å²) in [5.41, 5.74) is 6.72. The average molecular weight is 547 g/mol. The van der Waals surface area contributed by atoms with Gasteiger partial charge >= 0.3 is 0 Å². The van der Waals surface area contributed by atoms with Crippen molar-refractivity contribution < 1.29 is 9.59 Å². The lowest BCUT2D eigenvalue weighted by Crippen LogP contribution is -2.02. The first-order valence-corrected chi connectivity index (χ1v) is 14.3. The molecule has 0 aromatic heterocycles. The van der Waals surface area contributed by atoms with Gasteiger partial charge in [-0.15, -0.1) is 0 Å². The van der Waals surface area contributed by atoms with Crippen molar-refractivity contribution in [1.29, 1.82) is 0 Å². The van der Waals surface area contributed by atoms with E-state index in [0.717, 1.165) is 32.0 Å². The molecule has 0 unspecified atom stereocenters. The molecule has 6 aromatic carbocycles. The summed E-state index contributed by atoms with van der Waals surface area (Å²) in [5.74, 6) is -0.0494. The van der Waals surface area contributed by atoms with E-state index >= 15 is 0 Å². The fraction of sp³-hybridized carbons (Fsp3) is 0. The Morgan fingerprint density at radius 2 is 0.707 bits per heavy atom. The Hall–Kier alpha value is -4.99. The standard InChI is InChI=1S/C38H26O2S/c39-37(29-17-9-3-10-18-29)31-21-23-33(27-13-5-1-6-14-27)35(25-31)41-36-26-32(38(40)30-19-11-4-12-20-30)22-24-34(36)28-15-7-2-8-16-28/h1-26H. The highest BCUT2D eigenvalue weighted by molar-refractivity contribution is 7.99. The molecule has 0 heterocycles. The summed E-state index contributed by atoms with van der Waals surface area (Å²) in [6.07, 6.45) is 0. The molecule has 2 nitrogen and oxygen atoms in total. The minimum Gasteiger partial charge on any atom is -0.289 e. The molecule has 0 bridgehead atoms. The monoisotopic (exact) mass is 546 g/mol. The van der Waals surface area contributed by atoms with Gasteiger partial charge in [0.05, 0.1) is 0 Å². The van der Waals surface area contributed by atoms with Gasteiger partial charge in [0.1, 0.15) is 0 Å². The largest absolute Gasteiger partial charge is 0.289 e. The van der Waals surface area contributed by atoms with Crippen LogP contribution in [0.5, 0.6) is 0 Å². The Balaban J connectivity index is 1.49. The molecule has 0 spiro atoms. The van der Waals surface area contributed by atoms with Gasteiger partial charge in [0.25, 0.3) is 0 Å². The van der Waals surface area contributed by atoms with Gasteiger partial charge in [0.15, 0.2) is 11.6 Å². The van der Waals surface area contributed by atoms with E-state index in [9.17, 15) is 9.59 Å². The lowest BCUT2D eigenvalue weighted by Gasteiger charge is -2.16. The number of hydrogen-bond acceptors (Lipinski definition) is 3. The molecule has 0 N–H and O–H groups in total. The van der Waals surface area contributed by atoms with E-state index in [-0.39, 0.29) is 11.6 Å². The van der Waals surface area contributed by atoms with E-state index < -0.39 is 0 Å². The molecule has 0 aliphatic carbocycles. The van der Waals surface area contributed by atoms with Gasteiger partial charge in [-0.05, 0) is 34.4 Å². The summed E-state index contributed by atoms with van der Waals surface area (Å²) in [7, 11) is 0. The summed E-state index contributed by atoms with van der Waals surface area (Å²) in [6, 6.07) is 50.8. The molecular weight excluding hydrogens is 520 g/mol. The predicted molar refractivity (Wildman–Crippen MR) is 168 cm³/mol. The van der Waals surface area contributed by atoms with E-state index in [1.165, 1.54) is 0 Å². The van der Waals surface area contributed by atoms with Crippen molar-refractivity contribution in [1.82, 2.24) is 0 Å². The van der Waals surface area contributed by atoms with Crippen molar-refractivity contribution in [3.63, 3.8) is 0 Å². The Kier molecular flexibility index (Phi) is 7.70. The van der Waals surface area contributed by atoms with Gasteiger partial charge in [0, 0.05) is 32.0 Å². The second-order valence-electron chi connectivity index (χ2n) is 9.65. The molecule has 0 amide bonds. The quantitative estimate of drug-likeness (QED) is 0.178. The summed E-state index contributed by atoms with van der Waals surface area (Å²) in [5, 5.41) is 0. The molecule has 0 saturated heterocycles. The van der Waals surface area contributed by atoms with E-state index in [0.29, 0.717) is 22.3 Å². The first-order valence-electron chi connectivity index (χ1n) is 13.4. The molecule has 196 valence electrons. The Morgan fingerprint density at radius 1 is 0.366 bits per heavy atom. The molecular formula is C38H26O2S. The second-order valence-corrected chi connectivity index (χ2v) is 10.7. The van der Waals surface area contributed by atoms with Crippen molar-refractivity contribution in [2.75, 3.05) is 0 Å². The highest BCUT2D eigenvalue weighted by Gasteiger charge is 2.18. The second kappa shape index (κ2) is 12.0. The number of carbonyl (C=O) groups excluding carboxylic acids is 2. The number of benzene rings is 6. The zero-order valence-corrected chi connectivity index (χ0v) is 23.1. The summed E-state index contributed by atoms with van der Waals surface area (Å²) in [4.78, 5) is 28.8. The summed E-state index contributed by atoms with van der Waals surface area (Å²) in [6.45, 7) is 0. The van der Waals surface area contributed by atoms with E-state index in [4.69, 9.17) is 0 Å². The first-order chi connectivity index (χ1) is 20.2. The van der Waals surface area contributed by atoms with Crippen molar-refractivity contribution in [3.05, 3.63) is 180 Å². The number of hydrogen-bond donors (Lipinski definition) is 0. The topological polar surface area (TPSA) is 34.1 Å².